The van der Waals surface area contributed by atoms with Crippen LogP contribution in [0.1, 0.15) is 20.3 Å². The van der Waals surface area contributed by atoms with Crippen molar-refractivity contribution in [2.75, 3.05) is 16.8 Å². The highest BCUT2D eigenvalue weighted by molar-refractivity contribution is 9.10. The third kappa shape index (κ3) is 2.99. The van der Waals surface area contributed by atoms with Crippen LogP contribution in [0.2, 0.25) is 0 Å². The Morgan fingerprint density at radius 3 is 2.65 bits per heavy atom. The summed E-state index contributed by atoms with van der Waals surface area (Å²) in [5.41, 5.74) is 1.69. The largest absolute Gasteiger partial charge is 0.381 e. The zero-order chi connectivity index (χ0) is 14.2. The molecule has 3 heteroatoms. The second-order valence-electron chi connectivity index (χ2n) is 6.37. The Balaban J connectivity index is 1.90. The molecule has 0 amide bonds. The summed E-state index contributed by atoms with van der Waals surface area (Å²) < 4.78 is 1.16. The first-order valence-electron chi connectivity index (χ1n) is 7.07. The fraction of sp³-hybridized carbons (Fsp3) is 0.412. The lowest BCUT2D eigenvalue weighted by Gasteiger charge is -2.35. The summed E-state index contributed by atoms with van der Waals surface area (Å²) in [5, 5.41) is 6.34. The third-order valence-electron chi connectivity index (χ3n) is 3.84. The minimum atomic E-state index is 0.436. The predicted molar refractivity (Wildman–Crippen MR) is 94.8 cm³/mol. The highest BCUT2D eigenvalue weighted by Gasteiger charge is 2.28. The molecule has 0 aliphatic carbocycles. The average Bonchev–Trinajstić information content (AvgIpc) is 2.41. The summed E-state index contributed by atoms with van der Waals surface area (Å²) in [7, 11) is 0. The van der Waals surface area contributed by atoms with Crippen LogP contribution in [0.15, 0.2) is 40.9 Å². The highest BCUT2D eigenvalue weighted by Crippen LogP contribution is 2.36. The quantitative estimate of drug-likeness (QED) is 0.762. The van der Waals surface area contributed by atoms with Gasteiger partial charge in [0.1, 0.15) is 0 Å². The molecule has 0 bridgehead atoms. The molecule has 2 aromatic carbocycles. The van der Waals surface area contributed by atoms with Crippen molar-refractivity contribution in [2.45, 2.75) is 26.3 Å². The van der Waals surface area contributed by atoms with Gasteiger partial charge in [-0.15, -0.1) is 0 Å². The molecule has 106 valence electrons. The maximum atomic E-state index is 3.77. The van der Waals surface area contributed by atoms with Crippen LogP contribution in [0.25, 0.3) is 10.8 Å². The van der Waals surface area contributed by atoms with Crippen molar-refractivity contribution in [3.8, 4) is 0 Å². The van der Waals surface area contributed by atoms with Crippen LogP contribution in [-0.4, -0.2) is 17.5 Å². The predicted octanol–water partition coefficient (Wildman–Crippen LogP) is 5.55. The normalized spacial score (nSPS) is 21.9. The summed E-state index contributed by atoms with van der Waals surface area (Å²) in [6.07, 6.45) is 1.24. The SMILES string of the molecule is CC1(C)CSCC(Nc2ccc(Br)c3ccccc23)C1. The number of halogens is 1. The first kappa shape index (κ1) is 14.3. The van der Waals surface area contributed by atoms with E-state index in [9.17, 15) is 0 Å². The molecule has 2 aromatic rings. The number of hydrogen-bond donors (Lipinski definition) is 1. The van der Waals surface area contributed by atoms with Crippen molar-refractivity contribution in [1.29, 1.82) is 0 Å². The van der Waals surface area contributed by atoms with Crippen molar-refractivity contribution < 1.29 is 0 Å². The number of anilines is 1. The molecule has 1 aliphatic rings. The second-order valence-corrected chi connectivity index (χ2v) is 8.25. The molecule has 20 heavy (non-hydrogen) atoms. The van der Waals surface area contributed by atoms with Gasteiger partial charge < -0.3 is 5.32 Å². The smallest absolute Gasteiger partial charge is 0.0423 e. The Morgan fingerprint density at radius 2 is 1.90 bits per heavy atom. The van der Waals surface area contributed by atoms with Gasteiger partial charge in [0.05, 0.1) is 0 Å². The molecule has 0 radical (unpaired) electrons. The minimum Gasteiger partial charge on any atom is -0.381 e. The monoisotopic (exact) mass is 349 g/mol. The lowest BCUT2D eigenvalue weighted by atomic mass is 9.87. The van der Waals surface area contributed by atoms with Crippen LogP contribution >= 0.6 is 27.7 Å². The Bertz CT molecular complexity index is 623. The molecule has 1 fully saturated rings. The molecule has 3 rings (SSSR count). The van der Waals surface area contributed by atoms with E-state index >= 15 is 0 Å². The van der Waals surface area contributed by atoms with Gasteiger partial charge >= 0.3 is 0 Å². The number of fused-ring (bicyclic) bond motifs is 1. The molecule has 1 atom stereocenters. The van der Waals surface area contributed by atoms with Crippen molar-refractivity contribution >= 4 is 44.2 Å². The van der Waals surface area contributed by atoms with Crippen molar-refractivity contribution in [3.05, 3.63) is 40.9 Å². The van der Waals surface area contributed by atoms with E-state index in [1.165, 1.54) is 34.4 Å². The maximum Gasteiger partial charge on any atom is 0.0423 e. The molecule has 1 heterocycles. The van der Waals surface area contributed by atoms with E-state index in [4.69, 9.17) is 0 Å². The molecule has 1 aliphatic heterocycles. The Morgan fingerprint density at radius 1 is 1.15 bits per heavy atom. The first-order chi connectivity index (χ1) is 9.55. The van der Waals surface area contributed by atoms with Crippen LogP contribution in [0.3, 0.4) is 0 Å². The van der Waals surface area contributed by atoms with E-state index in [0.29, 0.717) is 11.5 Å². The second kappa shape index (κ2) is 5.61. The lowest BCUT2D eigenvalue weighted by molar-refractivity contribution is 0.358. The van der Waals surface area contributed by atoms with Gasteiger partial charge in [-0.05, 0) is 35.1 Å². The number of hydrogen-bond acceptors (Lipinski definition) is 2. The Kier molecular flexibility index (Phi) is 4.00. The van der Waals surface area contributed by atoms with Crippen LogP contribution in [0.5, 0.6) is 0 Å². The molecule has 1 unspecified atom stereocenters. The Labute approximate surface area is 133 Å². The van der Waals surface area contributed by atoms with E-state index in [2.05, 4.69) is 83.3 Å². The van der Waals surface area contributed by atoms with Crippen molar-refractivity contribution in [1.82, 2.24) is 0 Å². The Hall–Kier alpha value is -0.670. The average molecular weight is 350 g/mol. The molecule has 1 N–H and O–H groups in total. The number of benzene rings is 2. The summed E-state index contributed by atoms with van der Waals surface area (Å²) in [6.45, 7) is 4.74. The number of nitrogens with one attached hydrogen (secondary N) is 1. The van der Waals surface area contributed by atoms with Gasteiger partial charge in [-0.3, -0.25) is 0 Å². The molecule has 1 nitrogen and oxygen atoms in total. The van der Waals surface area contributed by atoms with Gasteiger partial charge in [0.25, 0.3) is 0 Å². The summed E-state index contributed by atoms with van der Waals surface area (Å²) in [5.74, 6) is 2.47. The fourth-order valence-corrected chi connectivity index (χ4v) is 4.72. The van der Waals surface area contributed by atoms with Crippen molar-refractivity contribution in [2.24, 2.45) is 5.41 Å². The number of thioether (sulfide) groups is 1. The number of rotatable bonds is 2. The van der Waals surface area contributed by atoms with Crippen molar-refractivity contribution in [3.63, 3.8) is 0 Å². The molecular formula is C17H20BrNS. The van der Waals surface area contributed by atoms with Crippen LogP contribution in [0.4, 0.5) is 5.69 Å². The van der Waals surface area contributed by atoms with Gasteiger partial charge in [-0.2, -0.15) is 11.8 Å². The molecule has 0 saturated carbocycles. The van der Waals surface area contributed by atoms with Gasteiger partial charge in [-0.1, -0.05) is 54.0 Å². The van der Waals surface area contributed by atoms with E-state index in [1.54, 1.807) is 0 Å². The topological polar surface area (TPSA) is 12.0 Å². The van der Waals surface area contributed by atoms with E-state index in [1.807, 2.05) is 0 Å². The molecule has 1 saturated heterocycles. The minimum absolute atomic E-state index is 0.436. The van der Waals surface area contributed by atoms with Gasteiger partial charge in [0.2, 0.25) is 0 Å². The van der Waals surface area contributed by atoms with E-state index < -0.39 is 0 Å². The molecule has 0 aromatic heterocycles. The van der Waals surface area contributed by atoms with Crippen LogP contribution in [0, 0.1) is 5.41 Å². The van der Waals surface area contributed by atoms with E-state index in [0.717, 1.165) is 4.47 Å². The van der Waals surface area contributed by atoms with Gasteiger partial charge in [0, 0.05) is 27.3 Å². The first-order valence-corrected chi connectivity index (χ1v) is 9.01. The van der Waals surface area contributed by atoms with Crippen LogP contribution in [-0.2, 0) is 0 Å². The fourth-order valence-electron chi connectivity index (χ4n) is 2.96. The lowest BCUT2D eigenvalue weighted by Crippen LogP contribution is -2.35. The maximum absolute atomic E-state index is 3.77. The van der Waals surface area contributed by atoms with Crippen LogP contribution < -0.4 is 5.32 Å². The van der Waals surface area contributed by atoms with Gasteiger partial charge in [-0.25, -0.2) is 0 Å². The van der Waals surface area contributed by atoms with E-state index in [-0.39, 0.29) is 0 Å². The summed E-state index contributed by atoms with van der Waals surface area (Å²) in [6, 6.07) is 13.5. The molecular weight excluding hydrogens is 330 g/mol. The highest BCUT2D eigenvalue weighted by atomic mass is 79.9. The zero-order valence-corrected chi connectivity index (χ0v) is 14.4. The third-order valence-corrected chi connectivity index (χ3v) is 6.16. The van der Waals surface area contributed by atoms with Gasteiger partial charge in [0.15, 0.2) is 0 Å². The molecule has 0 spiro atoms. The summed E-state index contributed by atoms with van der Waals surface area (Å²) >= 11 is 5.71. The summed E-state index contributed by atoms with van der Waals surface area (Å²) in [4.78, 5) is 0. The standard InChI is InChI=1S/C17H20BrNS/c1-17(2)9-12(10-20-11-17)19-16-8-7-15(18)13-5-3-4-6-14(13)16/h3-8,12,19H,9-11H2,1-2H3. The zero-order valence-electron chi connectivity index (χ0n) is 11.9.